The van der Waals surface area contributed by atoms with E-state index in [-0.39, 0.29) is 6.61 Å². The average molecular weight is 228 g/mol. The lowest BCUT2D eigenvalue weighted by molar-refractivity contribution is 0.113. The SMILES string of the molecule is CNc1ccnc(CSCC(O)CO)c1. The molecule has 1 aromatic rings. The van der Waals surface area contributed by atoms with Crippen molar-refractivity contribution in [2.24, 2.45) is 0 Å². The molecule has 0 aliphatic rings. The molecular weight excluding hydrogens is 212 g/mol. The van der Waals surface area contributed by atoms with Gasteiger partial charge in [0.25, 0.3) is 0 Å². The molecule has 0 saturated heterocycles. The lowest BCUT2D eigenvalue weighted by Crippen LogP contribution is -2.14. The molecule has 1 unspecified atom stereocenters. The first kappa shape index (κ1) is 12.3. The molecule has 4 nitrogen and oxygen atoms in total. The summed E-state index contributed by atoms with van der Waals surface area (Å²) in [4.78, 5) is 4.21. The van der Waals surface area contributed by atoms with E-state index in [0.717, 1.165) is 17.1 Å². The van der Waals surface area contributed by atoms with Gasteiger partial charge in [-0.15, -0.1) is 0 Å². The van der Waals surface area contributed by atoms with E-state index in [1.807, 2.05) is 19.2 Å². The van der Waals surface area contributed by atoms with E-state index in [2.05, 4.69) is 10.3 Å². The van der Waals surface area contributed by atoms with Gasteiger partial charge in [-0.05, 0) is 12.1 Å². The third-order valence-corrected chi connectivity index (χ3v) is 3.00. The van der Waals surface area contributed by atoms with Gasteiger partial charge < -0.3 is 15.5 Å². The Morgan fingerprint density at radius 3 is 3.07 bits per heavy atom. The summed E-state index contributed by atoms with van der Waals surface area (Å²) < 4.78 is 0. The molecule has 0 fully saturated rings. The fraction of sp³-hybridized carbons (Fsp3) is 0.500. The third kappa shape index (κ3) is 4.51. The van der Waals surface area contributed by atoms with Crippen LogP contribution in [0.1, 0.15) is 5.69 Å². The molecule has 0 aromatic carbocycles. The highest BCUT2D eigenvalue weighted by molar-refractivity contribution is 7.98. The molecule has 0 saturated carbocycles. The second kappa shape index (κ2) is 6.66. The highest BCUT2D eigenvalue weighted by Crippen LogP contribution is 2.14. The zero-order valence-corrected chi connectivity index (χ0v) is 9.50. The van der Waals surface area contributed by atoms with Crippen molar-refractivity contribution in [3.05, 3.63) is 24.0 Å². The smallest absolute Gasteiger partial charge is 0.0861 e. The molecule has 5 heteroatoms. The van der Waals surface area contributed by atoms with E-state index in [4.69, 9.17) is 10.2 Å². The van der Waals surface area contributed by atoms with Crippen LogP contribution in [0.15, 0.2) is 18.3 Å². The van der Waals surface area contributed by atoms with E-state index in [0.29, 0.717) is 5.75 Å². The van der Waals surface area contributed by atoms with Crippen molar-refractivity contribution < 1.29 is 10.2 Å². The topological polar surface area (TPSA) is 65.4 Å². The first-order valence-corrected chi connectivity index (χ1v) is 5.91. The summed E-state index contributed by atoms with van der Waals surface area (Å²) in [5, 5.41) is 20.8. The molecule has 0 spiro atoms. The fourth-order valence-electron chi connectivity index (χ4n) is 1.06. The lowest BCUT2D eigenvalue weighted by atomic mass is 10.3. The van der Waals surface area contributed by atoms with Gasteiger partial charge in [0.05, 0.1) is 18.4 Å². The Morgan fingerprint density at radius 1 is 1.60 bits per heavy atom. The van der Waals surface area contributed by atoms with Gasteiger partial charge in [-0.2, -0.15) is 11.8 Å². The van der Waals surface area contributed by atoms with E-state index in [1.54, 1.807) is 18.0 Å². The third-order valence-electron chi connectivity index (χ3n) is 1.88. The van der Waals surface area contributed by atoms with Gasteiger partial charge >= 0.3 is 0 Å². The summed E-state index contributed by atoms with van der Waals surface area (Å²) in [7, 11) is 1.86. The van der Waals surface area contributed by atoms with Gasteiger partial charge in [0.15, 0.2) is 0 Å². The molecule has 0 bridgehead atoms. The summed E-state index contributed by atoms with van der Waals surface area (Å²) in [6, 6.07) is 3.87. The number of thioether (sulfide) groups is 1. The van der Waals surface area contributed by atoms with Crippen LogP contribution in [0.3, 0.4) is 0 Å². The van der Waals surface area contributed by atoms with Crippen LogP contribution in [-0.4, -0.2) is 40.7 Å². The number of nitrogens with one attached hydrogen (secondary N) is 1. The van der Waals surface area contributed by atoms with Crippen LogP contribution in [0.4, 0.5) is 5.69 Å². The van der Waals surface area contributed by atoms with Crippen LogP contribution in [0.25, 0.3) is 0 Å². The number of rotatable bonds is 6. The number of hydrogen-bond donors (Lipinski definition) is 3. The number of pyridine rings is 1. The number of aromatic nitrogens is 1. The van der Waals surface area contributed by atoms with Gasteiger partial charge in [-0.25, -0.2) is 0 Å². The second-order valence-electron chi connectivity index (χ2n) is 3.14. The molecule has 15 heavy (non-hydrogen) atoms. The zero-order valence-electron chi connectivity index (χ0n) is 8.68. The van der Waals surface area contributed by atoms with Crippen molar-refractivity contribution in [3.8, 4) is 0 Å². The predicted molar refractivity (Wildman–Crippen MR) is 63.0 cm³/mol. The molecule has 0 amide bonds. The first-order valence-electron chi connectivity index (χ1n) is 4.75. The molecule has 1 rings (SSSR count). The molecular formula is C10H16N2O2S. The normalized spacial score (nSPS) is 12.5. The number of aliphatic hydroxyl groups excluding tert-OH is 2. The fourth-order valence-corrected chi connectivity index (χ4v) is 1.93. The van der Waals surface area contributed by atoms with Gasteiger partial charge in [-0.1, -0.05) is 0 Å². The van der Waals surface area contributed by atoms with Crippen molar-refractivity contribution in [3.63, 3.8) is 0 Å². The van der Waals surface area contributed by atoms with Gasteiger partial charge in [0.1, 0.15) is 0 Å². The van der Waals surface area contributed by atoms with Gasteiger partial charge in [0, 0.05) is 30.4 Å². The van der Waals surface area contributed by atoms with E-state index < -0.39 is 6.10 Å². The number of nitrogens with zero attached hydrogens (tertiary/aromatic N) is 1. The van der Waals surface area contributed by atoms with Crippen LogP contribution < -0.4 is 5.32 Å². The first-order chi connectivity index (χ1) is 7.26. The highest BCUT2D eigenvalue weighted by atomic mass is 32.2. The van der Waals surface area contributed by atoms with Crippen LogP contribution in [0.2, 0.25) is 0 Å². The maximum Gasteiger partial charge on any atom is 0.0861 e. The quantitative estimate of drug-likeness (QED) is 0.669. The molecule has 3 N–H and O–H groups in total. The van der Waals surface area contributed by atoms with E-state index in [9.17, 15) is 0 Å². The molecule has 84 valence electrons. The zero-order chi connectivity index (χ0) is 11.1. The number of aliphatic hydroxyl groups is 2. The molecule has 1 atom stereocenters. The number of hydrogen-bond acceptors (Lipinski definition) is 5. The molecule has 1 aromatic heterocycles. The maximum absolute atomic E-state index is 9.13. The minimum Gasteiger partial charge on any atom is -0.394 e. The summed E-state index contributed by atoms with van der Waals surface area (Å²) in [6.07, 6.45) is 1.12. The van der Waals surface area contributed by atoms with Gasteiger partial charge in [-0.3, -0.25) is 4.98 Å². The van der Waals surface area contributed by atoms with Crippen molar-refractivity contribution >= 4 is 17.4 Å². The lowest BCUT2D eigenvalue weighted by Gasteiger charge is -2.06. The Hall–Kier alpha value is -0.780. The highest BCUT2D eigenvalue weighted by Gasteiger charge is 2.02. The van der Waals surface area contributed by atoms with Crippen molar-refractivity contribution in [1.82, 2.24) is 4.98 Å². The predicted octanol–water partition coefficient (Wildman–Crippen LogP) is 0.710. The Labute approximate surface area is 93.7 Å². The summed E-state index contributed by atoms with van der Waals surface area (Å²) in [5.41, 5.74) is 2.00. The largest absolute Gasteiger partial charge is 0.394 e. The van der Waals surface area contributed by atoms with Crippen LogP contribution in [0.5, 0.6) is 0 Å². The Kier molecular flexibility index (Phi) is 5.45. The molecule has 0 radical (unpaired) electrons. The van der Waals surface area contributed by atoms with Crippen molar-refractivity contribution in [2.75, 3.05) is 24.7 Å². The summed E-state index contributed by atoms with van der Waals surface area (Å²) in [5.74, 6) is 1.27. The molecule has 0 aliphatic heterocycles. The van der Waals surface area contributed by atoms with Crippen LogP contribution in [0, 0.1) is 0 Å². The minimum absolute atomic E-state index is 0.184. The van der Waals surface area contributed by atoms with Gasteiger partial charge in [0.2, 0.25) is 0 Å². The minimum atomic E-state index is -0.637. The monoisotopic (exact) mass is 228 g/mol. The maximum atomic E-state index is 9.13. The van der Waals surface area contributed by atoms with Crippen LogP contribution >= 0.6 is 11.8 Å². The second-order valence-corrected chi connectivity index (χ2v) is 4.17. The molecule has 1 heterocycles. The van der Waals surface area contributed by atoms with Crippen molar-refractivity contribution in [2.45, 2.75) is 11.9 Å². The Morgan fingerprint density at radius 2 is 2.40 bits per heavy atom. The average Bonchev–Trinajstić information content (AvgIpc) is 2.29. The molecule has 0 aliphatic carbocycles. The van der Waals surface area contributed by atoms with E-state index in [1.165, 1.54) is 0 Å². The summed E-state index contributed by atoms with van der Waals surface area (Å²) in [6.45, 7) is -0.184. The van der Waals surface area contributed by atoms with Crippen molar-refractivity contribution in [1.29, 1.82) is 0 Å². The number of anilines is 1. The van der Waals surface area contributed by atoms with Crippen LogP contribution in [-0.2, 0) is 5.75 Å². The summed E-state index contributed by atoms with van der Waals surface area (Å²) >= 11 is 1.56. The Balaban J connectivity index is 2.37. The Bertz CT molecular complexity index is 297. The standard InChI is InChI=1S/C10H16N2O2S/c1-11-8-2-3-12-9(4-8)6-15-7-10(14)5-13/h2-4,10,13-14H,5-7H2,1H3,(H,11,12). The van der Waals surface area contributed by atoms with E-state index >= 15 is 0 Å².